The van der Waals surface area contributed by atoms with Crippen molar-refractivity contribution in [1.82, 2.24) is 0 Å². The average Bonchev–Trinajstić information content (AvgIpc) is 2.34. The van der Waals surface area contributed by atoms with E-state index in [0.717, 1.165) is 0 Å². The van der Waals surface area contributed by atoms with Gasteiger partial charge in [-0.3, -0.25) is 4.79 Å². The van der Waals surface area contributed by atoms with Gasteiger partial charge in [-0.25, -0.2) is 0 Å². The first-order valence-electron chi connectivity index (χ1n) is 5.53. The molecular formula is C12H13Cl2NO3. The molecule has 1 saturated heterocycles. The molecule has 0 radical (unpaired) electrons. The van der Waals surface area contributed by atoms with Crippen LogP contribution < -0.4 is 5.73 Å². The minimum atomic E-state index is -1.06. The molecule has 1 aromatic rings. The third-order valence-corrected chi connectivity index (χ3v) is 3.90. The number of carboxylic acids is 1. The van der Waals surface area contributed by atoms with Crippen molar-refractivity contribution in [3.63, 3.8) is 0 Å². The number of ether oxygens (including phenoxy) is 1. The van der Waals surface area contributed by atoms with Crippen molar-refractivity contribution in [2.45, 2.75) is 18.3 Å². The number of hydrogen-bond donors (Lipinski definition) is 2. The second-order valence-corrected chi connectivity index (χ2v) is 5.19. The number of carbonyl (C=O) groups is 1. The molecule has 0 saturated carbocycles. The lowest BCUT2D eigenvalue weighted by Gasteiger charge is -2.34. The maximum atomic E-state index is 11.7. The maximum Gasteiger partial charge on any atom is 0.314 e. The average molecular weight is 290 g/mol. The van der Waals surface area contributed by atoms with Gasteiger partial charge in [0.15, 0.2) is 0 Å². The first-order valence-corrected chi connectivity index (χ1v) is 6.29. The number of anilines is 1. The van der Waals surface area contributed by atoms with Crippen molar-refractivity contribution in [2.75, 3.05) is 18.9 Å². The van der Waals surface area contributed by atoms with Gasteiger partial charge in [0.1, 0.15) is 0 Å². The van der Waals surface area contributed by atoms with Crippen molar-refractivity contribution in [2.24, 2.45) is 0 Å². The molecule has 98 valence electrons. The molecule has 0 spiro atoms. The molecule has 0 bridgehead atoms. The van der Waals surface area contributed by atoms with Gasteiger partial charge in [0, 0.05) is 18.2 Å². The molecular weight excluding hydrogens is 277 g/mol. The van der Waals surface area contributed by atoms with E-state index < -0.39 is 11.4 Å². The first kappa shape index (κ1) is 13.5. The van der Waals surface area contributed by atoms with E-state index in [4.69, 9.17) is 33.7 Å². The van der Waals surface area contributed by atoms with Gasteiger partial charge in [-0.1, -0.05) is 23.2 Å². The van der Waals surface area contributed by atoms with Crippen LogP contribution in [0.3, 0.4) is 0 Å². The summed E-state index contributed by atoms with van der Waals surface area (Å²) in [6.45, 7) is 0.770. The van der Waals surface area contributed by atoms with Crippen LogP contribution in [0.4, 0.5) is 5.69 Å². The van der Waals surface area contributed by atoms with Crippen LogP contribution in [0.5, 0.6) is 0 Å². The molecule has 0 atom stereocenters. The summed E-state index contributed by atoms with van der Waals surface area (Å²) in [5.74, 6) is -0.921. The second kappa shape index (κ2) is 4.96. The summed E-state index contributed by atoms with van der Waals surface area (Å²) in [7, 11) is 0. The summed E-state index contributed by atoms with van der Waals surface area (Å²) < 4.78 is 5.23. The number of rotatable bonds is 2. The van der Waals surface area contributed by atoms with Crippen LogP contribution >= 0.6 is 23.2 Å². The Balaban J connectivity index is 2.59. The molecule has 1 heterocycles. The molecule has 0 aromatic heterocycles. The Morgan fingerprint density at radius 2 is 1.94 bits per heavy atom. The van der Waals surface area contributed by atoms with Crippen LogP contribution in [0, 0.1) is 0 Å². The van der Waals surface area contributed by atoms with E-state index in [1.807, 2.05) is 0 Å². The lowest BCUT2D eigenvalue weighted by atomic mass is 9.73. The van der Waals surface area contributed by atoms with E-state index in [-0.39, 0.29) is 10.7 Å². The van der Waals surface area contributed by atoms with Gasteiger partial charge in [-0.05, 0) is 30.5 Å². The molecule has 0 amide bonds. The quantitative estimate of drug-likeness (QED) is 0.821. The van der Waals surface area contributed by atoms with Gasteiger partial charge >= 0.3 is 5.97 Å². The van der Waals surface area contributed by atoms with Gasteiger partial charge in [0.25, 0.3) is 0 Å². The minimum absolute atomic E-state index is 0.282. The third kappa shape index (κ3) is 2.16. The zero-order chi connectivity index (χ0) is 13.3. The molecule has 1 aromatic carbocycles. The summed E-state index contributed by atoms with van der Waals surface area (Å²) in [5, 5.41) is 10.2. The Bertz CT molecular complexity index is 484. The van der Waals surface area contributed by atoms with Crippen LogP contribution in [-0.4, -0.2) is 24.3 Å². The van der Waals surface area contributed by atoms with Crippen LogP contribution in [0.15, 0.2) is 12.1 Å². The van der Waals surface area contributed by atoms with Crippen molar-refractivity contribution in [3.8, 4) is 0 Å². The fourth-order valence-electron chi connectivity index (χ4n) is 2.30. The predicted molar refractivity (Wildman–Crippen MR) is 70.2 cm³/mol. The predicted octanol–water partition coefficient (Wildman–Crippen LogP) is 2.71. The summed E-state index contributed by atoms with van der Waals surface area (Å²) in [6, 6.07) is 3.10. The summed E-state index contributed by atoms with van der Waals surface area (Å²) in [4.78, 5) is 11.7. The van der Waals surface area contributed by atoms with Crippen molar-refractivity contribution in [3.05, 3.63) is 27.7 Å². The van der Waals surface area contributed by atoms with Gasteiger partial charge in [0.2, 0.25) is 0 Å². The van der Waals surface area contributed by atoms with Crippen LogP contribution in [0.1, 0.15) is 18.4 Å². The highest BCUT2D eigenvalue weighted by Crippen LogP contribution is 2.42. The summed E-state index contributed by atoms with van der Waals surface area (Å²) in [6.07, 6.45) is 0.729. The standard InChI is InChI=1S/C12H13Cl2NO3/c13-7-5-8(10(15)9(14)6-7)12(11(16)17)1-3-18-4-2-12/h5-6H,1-4,15H2,(H,16,17). The Morgan fingerprint density at radius 3 is 2.50 bits per heavy atom. The maximum absolute atomic E-state index is 11.7. The first-order chi connectivity index (χ1) is 8.47. The molecule has 6 heteroatoms. The molecule has 4 nitrogen and oxygen atoms in total. The second-order valence-electron chi connectivity index (χ2n) is 4.35. The molecule has 18 heavy (non-hydrogen) atoms. The fraction of sp³-hybridized carbons (Fsp3) is 0.417. The van der Waals surface area contributed by atoms with Crippen molar-refractivity contribution >= 4 is 34.9 Å². The zero-order valence-corrected chi connectivity index (χ0v) is 11.1. The Morgan fingerprint density at radius 1 is 1.33 bits per heavy atom. The van der Waals surface area contributed by atoms with Crippen LogP contribution in [0.2, 0.25) is 10.0 Å². The van der Waals surface area contributed by atoms with Gasteiger partial charge in [-0.2, -0.15) is 0 Å². The monoisotopic (exact) mass is 289 g/mol. The SMILES string of the molecule is Nc1c(Cl)cc(Cl)cc1C1(C(=O)O)CCOCC1. The number of benzene rings is 1. The lowest BCUT2D eigenvalue weighted by molar-refractivity contribution is -0.147. The van der Waals surface area contributed by atoms with Crippen molar-refractivity contribution < 1.29 is 14.6 Å². The Labute approximate surface area is 115 Å². The van der Waals surface area contributed by atoms with E-state index in [9.17, 15) is 9.90 Å². The van der Waals surface area contributed by atoms with Crippen LogP contribution in [-0.2, 0) is 14.9 Å². The smallest absolute Gasteiger partial charge is 0.314 e. The number of aliphatic carboxylic acids is 1. The zero-order valence-electron chi connectivity index (χ0n) is 9.58. The molecule has 2 rings (SSSR count). The molecule has 1 fully saturated rings. The Hall–Kier alpha value is -0.970. The highest BCUT2D eigenvalue weighted by atomic mass is 35.5. The van der Waals surface area contributed by atoms with E-state index in [2.05, 4.69) is 0 Å². The topological polar surface area (TPSA) is 72.6 Å². The van der Waals surface area contributed by atoms with E-state index >= 15 is 0 Å². The number of halogens is 2. The molecule has 0 unspecified atom stereocenters. The van der Waals surface area contributed by atoms with Gasteiger partial charge in [-0.15, -0.1) is 0 Å². The third-order valence-electron chi connectivity index (χ3n) is 3.37. The van der Waals surface area contributed by atoms with Gasteiger partial charge in [0.05, 0.1) is 16.1 Å². The van der Waals surface area contributed by atoms with E-state index in [1.54, 1.807) is 6.07 Å². The number of hydrogen-bond acceptors (Lipinski definition) is 3. The molecule has 1 aliphatic heterocycles. The number of nitrogens with two attached hydrogens (primary N) is 1. The van der Waals surface area contributed by atoms with Gasteiger partial charge < -0.3 is 15.6 Å². The molecule has 3 N–H and O–H groups in total. The Kier molecular flexibility index (Phi) is 3.71. The highest BCUT2D eigenvalue weighted by Gasteiger charge is 2.43. The molecule has 1 aliphatic rings. The van der Waals surface area contributed by atoms with Crippen molar-refractivity contribution in [1.29, 1.82) is 0 Å². The lowest BCUT2D eigenvalue weighted by Crippen LogP contribution is -2.41. The minimum Gasteiger partial charge on any atom is -0.481 e. The number of nitrogen functional groups attached to an aromatic ring is 1. The van der Waals surface area contributed by atoms with E-state index in [0.29, 0.717) is 36.6 Å². The fourth-order valence-corrected chi connectivity index (χ4v) is 2.79. The molecule has 0 aliphatic carbocycles. The number of carboxylic acid groups (broad SMARTS) is 1. The van der Waals surface area contributed by atoms with Crippen LogP contribution in [0.25, 0.3) is 0 Å². The largest absolute Gasteiger partial charge is 0.481 e. The summed E-state index contributed by atoms with van der Waals surface area (Å²) in [5.41, 5.74) is 5.62. The highest BCUT2D eigenvalue weighted by molar-refractivity contribution is 6.36. The summed E-state index contributed by atoms with van der Waals surface area (Å²) >= 11 is 11.9. The normalized spacial score (nSPS) is 18.6. The van der Waals surface area contributed by atoms with E-state index in [1.165, 1.54) is 6.07 Å².